The highest BCUT2D eigenvalue weighted by atomic mass is 35.5. The van der Waals surface area contributed by atoms with Gasteiger partial charge in [0.15, 0.2) is 0 Å². The van der Waals surface area contributed by atoms with E-state index >= 15 is 0 Å². The standard InChI is InChI=1S/C18H18ClN3O/c1-2-3-10-22-16-7-5-4-6-15(16)21-18(22)20-12-13-11-14(19)8-9-17(13)23/h4-9,11-12,23H,2-3,10H2,1H3/b20-12+. The Labute approximate surface area is 140 Å². The Morgan fingerprint density at radius 1 is 1.26 bits per heavy atom. The quantitative estimate of drug-likeness (QED) is 0.674. The summed E-state index contributed by atoms with van der Waals surface area (Å²) in [6.07, 6.45) is 3.76. The van der Waals surface area contributed by atoms with Gasteiger partial charge in [-0.15, -0.1) is 0 Å². The molecule has 0 saturated carbocycles. The van der Waals surface area contributed by atoms with Crippen molar-refractivity contribution < 1.29 is 5.11 Å². The van der Waals surface area contributed by atoms with Gasteiger partial charge >= 0.3 is 0 Å². The molecule has 5 heteroatoms. The molecule has 0 fully saturated rings. The Morgan fingerprint density at radius 3 is 2.91 bits per heavy atom. The first-order valence-corrected chi connectivity index (χ1v) is 8.04. The minimum Gasteiger partial charge on any atom is -0.507 e. The number of fused-ring (bicyclic) bond motifs is 1. The van der Waals surface area contributed by atoms with Crippen LogP contribution >= 0.6 is 11.6 Å². The van der Waals surface area contributed by atoms with Crippen LogP contribution in [0.1, 0.15) is 25.3 Å². The summed E-state index contributed by atoms with van der Waals surface area (Å²) >= 11 is 5.97. The molecule has 0 atom stereocenters. The van der Waals surface area contributed by atoms with Crippen LogP contribution in [0.15, 0.2) is 47.5 Å². The Morgan fingerprint density at radius 2 is 2.09 bits per heavy atom. The predicted octanol–water partition coefficient (Wildman–Crippen LogP) is 4.95. The van der Waals surface area contributed by atoms with Crippen molar-refractivity contribution in [3.63, 3.8) is 0 Å². The number of imidazole rings is 1. The molecule has 1 heterocycles. The van der Waals surface area contributed by atoms with Crippen molar-refractivity contribution in [2.24, 2.45) is 4.99 Å². The zero-order chi connectivity index (χ0) is 16.2. The lowest BCUT2D eigenvalue weighted by Crippen LogP contribution is -1.97. The van der Waals surface area contributed by atoms with Crippen molar-refractivity contribution in [3.8, 4) is 5.75 Å². The van der Waals surface area contributed by atoms with Gasteiger partial charge in [-0.05, 0) is 36.8 Å². The number of halogens is 1. The number of nitrogens with zero attached hydrogens (tertiary/aromatic N) is 3. The van der Waals surface area contributed by atoms with Crippen molar-refractivity contribution >= 4 is 34.8 Å². The molecular formula is C18H18ClN3O. The largest absolute Gasteiger partial charge is 0.507 e. The second-order valence-electron chi connectivity index (χ2n) is 5.37. The molecule has 2 aromatic carbocycles. The molecule has 0 radical (unpaired) electrons. The van der Waals surface area contributed by atoms with E-state index in [9.17, 15) is 5.11 Å². The number of para-hydroxylation sites is 2. The summed E-state index contributed by atoms with van der Waals surface area (Å²) in [6, 6.07) is 12.9. The van der Waals surface area contributed by atoms with Crippen LogP contribution in [0.25, 0.3) is 11.0 Å². The molecule has 23 heavy (non-hydrogen) atoms. The molecule has 0 aliphatic rings. The third-order valence-electron chi connectivity index (χ3n) is 3.68. The van der Waals surface area contributed by atoms with Gasteiger partial charge in [0.25, 0.3) is 0 Å². The van der Waals surface area contributed by atoms with Crippen LogP contribution in [0, 0.1) is 0 Å². The third-order valence-corrected chi connectivity index (χ3v) is 3.91. The predicted molar refractivity (Wildman–Crippen MR) is 95.0 cm³/mol. The zero-order valence-corrected chi connectivity index (χ0v) is 13.7. The minimum absolute atomic E-state index is 0.148. The lowest BCUT2D eigenvalue weighted by atomic mass is 10.2. The molecule has 0 bridgehead atoms. The average molecular weight is 328 g/mol. The number of aliphatic imine (C=N–C) groups is 1. The third kappa shape index (κ3) is 3.37. The lowest BCUT2D eigenvalue weighted by Gasteiger charge is -2.05. The number of phenolic OH excluding ortho intramolecular Hbond substituents is 1. The van der Waals surface area contributed by atoms with Gasteiger partial charge in [0.1, 0.15) is 5.75 Å². The molecule has 0 saturated heterocycles. The second-order valence-corrected chi connectivity index (χ2v) is 5.80. The van der Waals surface area contributed by atoms with Gasteiger partial charge in [0.05, 0.1) is 11.0 Å². The Hall–Kier alpha value is -2.33. The van der Waals surface area contributed by atoms with E-state index in [2.05, 4.69) is 21.5 Å². The summed E-state index contributed by atoms with van der Waals surface area (Å²) < 4.78 is 2.11. The number of benzene rings is 2. The molecule has 0 amide bonds. The van der Waals surface area contributed by atoms with Crippen molar-refractivity contribution in [1.29, 1.82) is 0 Å². The summed E-state index contributed by atoms with van der Waals surface area (Å²) in [7, 11) is 0. The molecular weight excluding hydrogens is 310 g/mol. The maximum atomic E-state index is 9.89. The summed E-state index contributed by atoms with van der Waals surface area (Å²) in [5.74, 6) is 0.786. The maximum Gasteiger partial charge on any atom is 0.230 e. The zero-order valence-electron chi connectivity index (χ0n) is 12.9. The molecule has 0 spiro atoms. The van der Waals surface area contributed by atoms with E-state index in [0.717, 1.165) is 30.4 Å². The summed E-state index contributed by atoms with van der Waals surface area (Å²) in [6.45, 7) is 3.03. The van der Waals surface area contributed by atoms with Crippen LogP contribution in [0.3, 0.4) is 0 Å². The summed E-state index contributed by atoms with van der Waals surface area (Å²) in [4.78, 5) is 9.06. The highest BCUT2D eigenvalue weighted by Gasteiger charge is 2.09. The molecule has 4 nitrogen and oxygen atoms in total. The van der Waals surface area contributed by atoms with Gasteiger partial charge in [-0.2, -0.15) is 0 Å². The molecule has 1 N–H and O–H groups in total. The minimum atomic E-state index is 0.148. The van der Waals surface area contributed by atoms with E-state index in [-0.39, 0.29) is 5.75 Å². The molecule has 3 rings (SSSR count). The van der Waals surface area contributed by atoms with E-state index in [4.69, 9.17) is 11.6 Å². The number of rotatable bonds is 5. The van der Waals surface area contributed by atoms with E-state index in [0.29, 0.717) is 16.5 Å². The fourth-order valence-electron chi connectivity index (χ4n) is 2.45. The van der Waals surface area contributed by atoms with Crippen LogP contribution in [-0.4, -0.2) is 20.9 Å². The Balaban J connectivity index is 2.01. The molecule has 0 aliphatic carbocycles. The Kier molecular flexibility index (Phi) is 4.63. The van der Waals surface area contributed by atoms with Gasteiger partial charge in [0, 0.05) is 23.3 Å². The maximum absolute atomic E-state index is 9.89. The molecule has 1 aromatic heterocycles. The summed E-state index contributed by atoms with van der Waals surface area (Å²) in [5.41, 5.74) is 2.57. The first kappa shape index (κ1) is 15.6. The first-order chi connectivity index (χ1) is 11.2. The lowest BCUT2D eigenvalue weighted by molar-refractivity contribution is 0.474. The topological polar surface area (TPSA) is 50.4 Å². The van der Waals surface area contributed by atoms with E-state index < -0.39 is 0 Å². The summed E-state index contributed by atoms with van der Waals surface area (Å²) in [5, 5.41) is 10.4. The van der Waals surface area contributed by atoms with Crippen LogP contribution in [-0.2, 0) is 6.54 Å². The number of phenols is 1. The average Bonchev–Trinajstić information content (AvgIpc) is 2.91. The fraction of sp³-hybridized carbons (Fsp3) is 0.222. The van der Waals surface area contributed by atoms with E-state index in [1.54, 1.807) is 24.4 Å². The highest BCUT2D eigenvalue weighted by Crippen LogP contribution is 2.24. The second kappa shape index (κ2) is 6.84. The van der Waals surface area contributed by atoms with Crippen LogP contribution in [0.2, 0.25) is 5.02 Å². The number of aromatic nitrogens is 2. The van der Waals surface area contributed by atoms with Crippen LogP contribution in [0.5, 0.6) is 5.75 Å². The number of hydrogen-bond donors (Lipinski definition) is 1. The number of hydrogen-bond acceptors (Lipinski definition) is 3. The van der Waals surface area contributed by atoms with E-state index in [1.807, 2.05) is 24.3 Å². The monoisotopic (exact) mass is 327 g/mol. The smallest absolute Gasteiger partial charge is 0.230 e. The van der Waals surface area contributed by atoms with E-state index in [1.165, 1.54) is 0 Å². The molecule has 118 valence electrons. The highest BCUT2D eigenvalue weighted by molar-refractivity contribution is 6.30. The van der Waals surface area contributed by atoms with Crippen molar-refractivity contribution in [1.82, 2.24) is 9.55 Å². The van der Waals surface area contributed by atoms with Crippen molar-refractivity contribution in [3.05, 3.63) is 53.1 Å². The van der Waals surface area contributed by atoms with Gasteiger partial charge in [-0.3, -0.25) is 0 Å². The van der Waals surface area contributed by atoms with Crippen LogP contribution < -0.4 is 0 Å². The molecule has 0 aliphatic heterocycles. The SMILES string of the molecule is CCCCn1c(/N=C/c2cc(Cl)ccc2O)nc2ccccc21. The van der Waals surface area contributed by atoms with Gasteiger partial charge in [0.2, 0.25) is 5.95 Å². The fourth-order valence-corrected chi connectivity index (χ4v) is 2.63. The molecule has 0 unspecified atom stereocenters. The van der Waals surface area contributed by atoms with Crippen molar-refractivity contribution in [2.75, 3.05) is 0 Å². The Bertz CT molecular complexity index is 855. The first-order valence-electron chi connectivity index (χ1n) is 7.67. The van der Waals surface area contributed by atoms with Crippen LogP contribution in [0.4, 0.5) is 5.95 Å². The number of unbranched alkanes of at least 4 members (excludes halogenated alkanes) is 1. The normalized spacial score (nSPS) is 11.6. The van der Waals surface area contributed by atoms with Gasteiger partial charge < -0.3 is 9.67 Å². The van der Waals surface area contributed by atoms with Gasteiger partial charge in [-0.25, -0.2) is 9.98 Å². The van der Waals surface area contributed by atoms with Gasteiger partial charge in [-0.1, -0.05) is 37.1 Å². The van der Waals surface area contributed by atoms with Crippen molar-refractivity contribution in [2.45, 2.75) is 26.3 Å². The number of aryl methyl sites for hydroxylation is 1. The number of aromatic hydroxyl groups is 1. The molecule has 3 aromatic rings.